The number of rotatable bonds is 6. The van der Waals surface area contributed by atoms with Crippen molar-refractivity contribution in [1.82, 2.24) is 5.32 Å². The van der Waals surface area contributed by atoms with Crippen LogP contribution in [-0.2, 0) is 14.4 Å². The number of hydrogen-bond donors (Lipinski definition) is 2. The standard InChI is InChI=1S/C21H18N2O6S/c1-12(20(26)27)29-16-7-3-13(4-8-16)11-17-18(24)22-21(30)23(19(17)25)14-5-9-15(28-2)10-6-14/h3-12H,1-2H3,(H,26,27)(H,22,24,30)/b17-11-. The van der Waals surface area contributed by atoms with E-state index in [0.29, 0.717) is 22.7 Å². The number of thiocarbonyl (C=S) groups is 1. The van der Waals surface area contributed by atoms with Gasteiger partial charge in [0.05, 0.1) is 12.8 Å². The third kappa shape index (κ3) is 4.47. The van der Waals surface area contributed by atoms with Gasteiger partial charge >= 0.3 is 5.97 Å². The number of carbonyl (C=O) groups is 3. The van der Waals surface area contributed by atoms with Gasteiger partial charge < -0.3 is 14.6 Å². The highest BCUT2D eigenvalue weighted by Gasteiger charge is 2.34. The molecular formula is C21H18N2O6S. The fourth-order valence-electron chi connectivity index (χ4n) is 2.69. The van der Waals surface area contributed by atoms with E-state index in [1.165, 1.54) is 25.0 Å². The highest BCUT2D eigenvalue weighted by molar-refractivity contribution is 7.80. The van der Waals surface area contributed by atoms with Crippen molar-refractivity contribution in [3.8, 4) is 11.5 Å². The van der Waals surface area contributed by atoms with E-state index in [1.54, 1.807) is 48.5 Å². The number of nitrogens with one attached hydrogen (secondary N) is 1. The van der Waals surface area contributed by atoms with Gasteiger partial charge in [-0.25, -0.2) is 4.79 Å². The van der Waals surface area contributed by atoms with E-state index in [0.717, 1.165) is 0 Å². The molecule has 2 aromatic carbocycles. The van der Waals surface area contributed by atoms with E-state index in [2.05, 4.69) is 5.32 Å². The fourth-order valence-corrected chi connectivity index (χ4v) is 2.97. The summed E-state index contributed by atoms with van der Waals surface area (Å²) in [5, 5.41) is 11.4. The number of benzene rings is 2. The molecule has 3 rings (SSSR count). The van der Waals surface area contributed by atoms with E-state index >= 15 is 0 Å². The number of amides is 2. The lowest BCUT2D eigenvalue weighted by molar-refractivity contribution is -0.144. The number of aliphatic carboxylic acids is 1. The lowest BCUT2D eigenvalue weighted by Gasteiger charge is -2.29. The highest BCUT2D eigenvalue weighted by atomic mass is 32.1. The summed E-state index contributed by atoms with van der Waals surface area (Å²) in [4.78, 5) is 37.4. The molecule has 1 atom stereocenters. The summed E-state index contributed by atoms with van der Waals surface area (Å²) in [7, 11) is 1.53. The largest absolute Gasteiger partial charge is 0.497 e. The number of carbonyl (C=O) groups excluding carboxylic acids is 2. The van der Waals surface area contributed by atoms with Gasteiger partial charge in [-0.15, -0.1) is 0 Å². The summed E-state index contributed by atoms with van der Waals surface area (Å²) in [5.74, 6) is -1.27. The third-order valence-electron chi connectivity index (χ3n) is 4.28. The summed E-state index contributed by atoms with van der Waals surface area (Å²) in [5.41, 5.74) is 0.960. The van der Waals surface area contributed by atoms with Crippen molar-refractivity contribution in [2.24, 2.45) is 0 Å². The molecule has 0 radical (unpaired) electrons. The first-order chi connectivity index (χ1) is 14.3. The zero-order valence-electron chi connectivity index (χ0n) is 16.1. The Bertz CT molecular complexity index is 1030. The van der Waals surface area contributed by atoms with Crippen molar-refractivity contribution in [2.45, 2.75) is 13.0 Å². The van der Waals surface area contributed by atoms with Gasteiger partial charge in [0.25, 0.3) is 11.8 Å². The second-order valence-corrected chi connectivity index (χ2v) is 6.71. The predicted molar refractivity (Wildman–Crippen MR) is 113 cm³/mol. The van der Waals surface area contributed by atoms with E-state index in [1.807, 2.05) is 0 Å². The molecule has 0 saturated carbocycles. The number of nitrogens with zero attached hydrogens (tertiary/aromatic N) is 1. The molecule has 8 nitrogen and oxygen atoms in total. The predicted octanol–water partition coefficient (Wildman–Crippen LogP) is 2.38. The summed E-state index contributed by atoms with van der Waals surface area (Å²) in [6, 6.07) is 13.0. The zero-order valence-corrected chi connectivity index (χ0v) is 16.9. The Hall–Kier alpha value is -3.72. The van der Waals surface area contributed by atoms with E-state index < -0.39 is 23.9 Å². The summed E-state index contributed by atoms with van der Waals surface area (Å²) >= 11 is 5.17. The molecule has 2 N–H and O–H groups in total. The summed E-state index contributed by atoms with van der Waals surface area (Å²) < 4.78 is 10.4. The van der Waals surface area contributed by atoms with Crippen LogP contribution in [0.3, 0.4) is 0 Å². The Kier molecular flexibility index (Phi) is 6.12. The molecule has 1 aliphatic heterocycles. The first kappa shape index (κ1) is 21.0. The van der Waals surface area contributed by atoms with E-state index in [-0.39, 0.29) is 10.7 Å². The van der Waals surface area contributed by atoms with Crippen LogP contribution in [0, 0.1) is 0 Å². The van der Waals surface area contributed by atoms with Crippen LogP contribution in [0.1, 0.15) is 12.5 Å². The average Bonchev–Trinajstić information content (AvgIpc) is 2.72. The molecular weight excluding hydrogens is 408 g/mol. The maximum Gasteiger partial charge on any atom is 0.344 e. The molecule has 9 heteroatoms. The normalized spacial score (nSPS) is 16.3. The van der Waals surface area contributed by atoms with E-state index in [4.69, 9.17) is 26.8 Å². The quantitative estimate of drug-likeness (QED) is 0.415. The molecule has 154 valence electrons. The fraction of sp³-hybridized carbons (Fsp3) is 0.143. The molecule has 2 amide bonds. The maximum absolute atomic E-state index is 13.0. The van der Waals surface area contributed by atoms with Crippen molar-refractivity contribution in [3.63, 3.8) is 0 Å². The Morgan fingerprint density at radius 2 is 1.70 bits per heavy atom. The van der Waals surface area contributed by atoms with Gasteiger partial charge in [-0.1, -0.05) is 12.1 Å². The van der Waals surface area contributed by atoms with Crippen molar-refractivity contribution in [3.05, 3.63) is 59.7 Å². The average molecular weight is 426 g/mol. The van der Waals surface area contributed by atoms with Gasteiger partial charge in [-0.3, -0.25) is 19.8 Å². The van der Waals surface area contributed by atoms with Gasteiger partial charge in [-0.05, 0) is 67.2 Å². The second-order valence-electron chi connectivity index (χ2n) is 6.32. The van der Waals surface area contributed by atoms with Crippen molar-refractivity contribution in [2.75, 3.05) is 12.0 Å². The van der Waals surface area contributed by atoms with Gasteiger partial charge in [-0.2, -0.15) is 0 Å². The molecule has 30 heavy (non-hydrogen) atoms. The smallest absolute Gasteiger partial charge is 0.344 e. The van der Waals surface area contributed by atoms with Crippen LogP contribution < -0.4 is 19.7 Å². The van der Waals surface area contributed by atoms with Crippen molar-refractivity contribution in [1.29, 1.82) is 0 Å². The molecule has 1 fully saturated rings. The topological polar surface area (TPSA) is 105 Å². The number of ether oxygens (including phenoxy) is 2. The molecule has 1 heterocycles. The molecule has 0 spiro atoms. The lowest BCUT2D eigenvalue weighted by atomic mass is 10.1. The Labute approximate surface area is 177 Å². The maximum atomic E-state index is 13.0. The Balaban J connectivity index is 1.85. The molecule has 0 aliphatic carbocycles. The van der Waals surface area contributed by atoms with Gasteiger partial charge in [0, 0.05) is 0 Å². The summed E-state index contributed by atoms with van der Waals surface area (Å²) in [6.45, 7) is 1.42. The minimum Gasteiger partial charge on any atom is -0.497 e. The number of anilines is 1. The van der Waals surface area contributed by atoms with Crippen LogP contribution >= 0.6 is 12.2 Å². The second kappa shape index (κ2) is 8.75. The third-order valence-corrected chi connectivity index (χ3v) is 4.57. The number of hydrogen-bond acceptors (Lipinski definition) is 6. The van der Waals surface area contributed by atoms with Crippen LogP contribution in [0.15, 0.2) is 54.1 Å². The van der Waals surface area contributed by atoms with Gasteiger partial charge in [0.2, 0.25) is 0 Å². The first-order valence-electron chi connectivity index (χ1n) is 8.85. The first-order valence-corrected chi connectivity index (χ1v) is 9.26. The van der Waals surface area contributed by atoms with Crippen LogP contribution in [0.4, 0.5) is 5.69 Å². The van der Waals surface area contributed by atoms with Crippen molar-refractivity contribution >= 4 is 46.9 Å². The minimum atomic E-state index is -1.08. The lowest BCUT2D eigenvalue weighted by Crippen LogP contribution is -2.54. The zero-order chi connectivity index (χ0) is 21.8. The van der Waals surface area contributed by atoms with Crippen molar-refractivity contribution < 1.29 is 29.0 Å². The van der Waals surface area contributed by atoms with Crippen LogP contribution in [0.2, 0.25) is 0 Å². The Morgan fingerprint density at radius 3 is 2.27 bits per heavy atom. The molecule has 1 unspecified atom stereocenters. The number of methoxy groups -OCH3 is 1. The van der Waals surface area contributed by atoms with Crippen LogP contribution in [0.25, 0.3) is 6.08 Å². The molecule has 1 aliphatic rings. The minimum absolute atomic E-state index is 0.0151. The molecule has 0 aromatic heterocycles. The Morgan fingerprint density at radius 1 is 1.10 bits per heavy atom. The van der Waals surface area contributed by atoms with E-state index in [9.17, 15) is 14.4 Å². The summed E-state index contributed by atoms with van der Waals surface area (Å²) in [6.07, 6.45) is 0.430. The van der Waals surface area contributed by atoms with Crippen LogP contribution in [0.5, 0.6) is 11.5 Å². The molecule has 2 aromatic rings. The number of carboxylic acids is 1. The van der Waals surface area contributed by atoms with Gasteiger partial charge in [0.1, 0.15) is 17.1 Å². The molecule has 0 bridgehead atoms. The SMILES string of the molecule is COc1ccc(N2C(=O)/C(=C\c3ccc(OC(C)C(=O)O)cc3)C(=O)NC2=S)cc1. The highest BCUT2D eigenvalue weighted by Crippen LogP contribution is 2.25. The van der Waals surface area contributed by atoms with Gasteiger partial charge in [0.15, 0.2) is 11.2 Å². The molecule has 1 saturated heterocycles. The van der Waals surface area contributed by atoms with Crippen LogP contribution in [-0.4, -0.2) is 41.2 Å². The monoisotopic (exact) mass is 426 g/mol. The number of carboxylic acid groups (broad SMARTS) is 1.